The lowest BCUT2D eigenvalue weighted by Crippen LogP contribution is -2.12. The maximum Gasteiger partial charge on any atom is 0.272 e. The minimum absolute atomic E-state index is 0.193. The van der Waals surface area contributed by atoms with Crippen LogP contribution in [0.5, 0.6) is 5.75 Å². The van der Waals surface area contributed by atoms with Gasteiger partial charge in [0.15, 0.2) is 0 Å². The number of fused-ring (bicyclic) bond motifs is 2. The summed E-state index contributed by atoms with van der Waals surface area (Å²) in [4.78, 5) is 25.1. The van der Waals surface area contributed by atoms with Crippen molar-refractivity contribution in [2.45, 2.75) is 46.1 Å². The van der Waals surface area contributed by atoms with E-state index in [1.165, 1.54) is 18.5 Å². The van der Waals surface area contributed by atoms with Gasteiger partial charge in [0, 0.05) is 34.9 Å². The Morgan fingerprint density at radius 3 is 2.77 bits per heavy atom. The van der Waals surface area contributed by atoms with Gasteiger partial charge in [-0.05, 0) is 68.3 Å². The highest BCUT2D eigenvalue weighted by molar-refractivity contribution is 6.06. The number of H-pyrrole nitrogens is 1. The standard InChI is InChI=1S/C26H23N5O2.C2H6/c1-16-25(17-5-6-17)30-24-10-7-19(14-31(16)24)28-26(32)23-13-18-12-21(8-9-22(18)29-23)33-15-20-4-2-3-11-27-20;1-2/h2-4,7-14,17,29H,5-6,15H2,1H3,(H,28,32);1-2H3. The van der Waals surface area contributed by atoms with E-state index in [0.29, 0.717) is 18.2 Å². The van der Waals surface area contributed by atoms with E-state index in [4.69, 9.17) is 9.72 Å². The number of imidazole rings is 1. The van der Waals surface area contributed by atoms with Crippen LogP contribution < -0.4 is 10.1 Å². The first-order valence-corrected chi connectivity index (χ1v) is 12.1. The number of aromatic amines is 1. The Bertz CT molecular complexity index is 1480. The van der Waals surface area contributed by atoms with Crippen LogP contribution in [0.1, 0.15) is 60.2 Å². The number of anilines is 1. The van der Waals surface area contributed by atoms with Crippen LogP contribution in [0.4, 0.5) is 5.69 Å². The molecule has 5 aromatic rings. The highest BCUT2D eigenvalue weighted by Gasteiger charge is 2.28. The number of hydrogen-bond donors (Lipinski definition) is 2. The summed E-state index contributed by atoms with van der Waals surface area (Å²) in [6, 6.07) is 17.1. The first-order valence-electron chi connectivity index (χ1n) is 12.1. The van der Waals surface area contributed by atoms with E-state index in [-0.39, 0.29) is 5.91 Å². The molecule has 4 heterocycles. The maximum absolute atomic E-state index is 12.9. The zero-order chi connectivity index (χ0) is 24.4. The molecule has 0 radical (unpaired) electrons. The number of amides is 1. The van der Waals surface area contributed by atoms with E-state index in [0.717, 1.165) is 39.4 Å². The Morgan fingerprint density at radius 2 is 2.00 bits per heavy atom. The minimum Gasteiger partial charge on any atom is -0.487 e. The predicted octanol–water partition coefficient (Wildman–Crippen LogP) is 6.25. The third kappa shape index (κ3) is 4.75. The van der Waals surface area contributed by atoms with Crippen molar-refractivity contribution in [3.63, 3.8) is 0 Å². The van der Waals surface area contributed by atoms with Gasteiger partial charge in [0.1, 0.15) is 23.7 Å². The molecule has 1 amide bonds. The molecular weight excluding hydrogens is 438 g/mol. The van der Waals surface area contributed by atoms with Crippen LogP contribution in [0.25, 0.3) is 16.6 Å². The number of nitrogens with zero attached hydrogens (tertiary/aromatic N) is 3. The van der Waals surface area contributed by atoms with Crippen molar-refractivity contribution < 1.29 is 9.53 Å². The Morgan fingerprint density at radius 1 is 1.14 bits per heavy atom. The molecule has 1 aliphatic carbocycles. The number of carbonyl (C=O) groups excluding carboxylic acids is 1. The van der Waals surface area contributed by atoms with E-state index in [1.807, 2.05) is 74.6 Å². The lowest BCUT2D eigenvalue weighted by molar-refractivity contribution is 0.102. The Balaban J connectivity index is 0.00000124. The van der Waals surface area contributed by atoms with Crippen LogP contribution in [0, 0.1) is 6.92 Å². The molecule has 0 saturated heterocycles. The Hall–Kier alpha value is -4.13. The summed E-state index contributed by atoms with van der Waals surface area (Å²) in [5.74, 6) is 1.13. The number of carbonyl (C=O) groups is 1. The molecule has 2 N–H and O–H groups in total. The van der Waals surface area contributed by atoms with Gasteiger partial charge in [0.2, 0.25) is 0 Å². The van der Waals surface area contributed by atoms with Gasteiger partial charge >= 0.3 is 0 Å². The van der Waals surface area contributed by atoms with Gasteiger partial charge in [-0.3, -0.25) is 9.78 Å². The number of pyridine rings is 2. The second-order valence-electron chi connectivity index (χ2n) is 8.50. The first kappa shape index (κ1) is 22.7. The summed E-state index contributed by atoms with van der Waals surface area (Å²) in [5, 5.41) is 3.91. The summed E-state index contributed by atoms with van der Waals surface area (Å²) in [6.45, 7) is 6.48. The lowest BCUT2D eigenvalue weighted by Gasteiger charge is -2.05. The molecule has 1 saturated carbocycles. The smallest absolute Gasteiger partial charge is 0.272 e. The van der Waals surface area contributed by atoms with Crippen molar-refractivity contribution in [1.82, 2.24) is 19.4 Å². The second kappa shape index (κ2) is 9.62. The van der Waals surface area contributed by atoms with Crippen LogP contribution in [-0.2, 0) is 6.61 Å². The highest BCUT2D eigenvalue weighted by Crippen LogP contribution is 2.41. The zero-order valence-electron chi connectivity index (χ0n) is 20.2. The fraction of sp³-hybridized carbons (Fsp3) is 0.250. The Kier molecular flexibility index (Phi) is 6.23. The summed E-state index contributed by atoms with van der Waals surface area (Å²) in [5.41, 5.74) is 6.20. The van der Waals surface area contributed by atoms with E-state index in [9.17, 15) is 4.79 Å². The molecule has 1 fully saturated rings. The van der Waals surface area contributed by atoms with E-state index < -0.39 is 0 Å². The molecule has 6 rings (SSSR count). The first-order chi connectivity index (χ1) is 17.1. The van der Waals surface area contributed by atoms with Gasteiger partial charge < -0.3 is 19.4 Å². The van der Waals surface area contributed by atoms with Crippen LogP contribution in [0.2, 0.25) is 0 Å². The molecule has 35 heavy (non-hydrogen) atoms. The van der Waals surface area contributed by atoms with Crippen molar-refractivity contribution in [2.75, 3.05) is 5.32 Å². The monoisotopic (exact) mass is 467 g/mol. The zero-order valence-corrected chi connectivity index (χ0v) is 20.2. The number of benzene rings is 1. The number of hydrogen-bond acceptors (Lipinski definition) is 4. The number of aryl methyl sites for hydroxylation is 1. The molecule has 7 nitrogen and oxygen atoms in total. The van der Waals surface area contributed by atoms with E-state index in [1.54, 1.807) is 6.20 Å². The average Bonchev–Trinajstić information content (AvgIpc) is 3.57. The van der Waals surface area contributed by atoms with Crippen molar-refractivity contribution in [1.29, 1.82) is 0 Å². The normalized spacial score (nSPS) is 12.9. The molecule has 0 aliphatic heterocycles. The molecule has 0 unspecified atom stereocenters. The van der Waals surface area contributed by atoms with Crippen molar-refractivity contribution in [3.8, 4) is 5.75 Å². The van der Waals surface area contributed by atoms with Gasteiger partial charge in [-0.15, -0.1) is 0 Å². The fourth-order valence-corrected chi connectivity index (χ4v) is 4.16. The topological polar surface area (TPSA) is 84.3 Å². The second-order valence-corrected chi connectivity index (χ2v) is 8.50. The third-order valence-electron chi connectivity index (χ3n) is 6.07. The highest BCUT2D eigenvalue weighted by atomic mass is 16.5. The lowest BCUT2D eigenvalue weighted by atomic mass is 10.2. The predicted molar refractivity (Wildman–Crippen MR) is 138 cm³/mol. The molecule has 0 spiro atoms. The number of aromatic nitrogens is 4. The van der Waals surface area contributed by atoms with E-state index in [2.05, 4.69) is 26.6 Å². The third-order valence-corrected chi connectivity index (χ3v) is 6.07. The molecule has 7 heteroatoms. The number of nitrogens with one attached hydrogen (secondary N) is 2. The van der Waals surface area contributed by atoms with Crippen molar-refractivity contribution in [3.05, 3.63) is 89.8 Å². The Labute approximate surface area is 204 Å². The molecule has 0 bridgehead atoms. The van der Waals surface area contributed by atoms with Crippen molar-refractivity contribution >= 4 is 28.1 Å². The molecule has 4 aromatic heterocycles. The summed E-state index contributed by atoms with van der Waals surface area (Å²) in [7, 11) is 0. The van der Waals surface area contributed by atoms with Crippen molar-refractivity contribution in [2.24, 2.45) is 0 Å². The largest absolute Gasteiger partial charge is 0.487 e. The molecular formula is C28H29N5O2. The van der Waals surface area contributed by atoms with Gasteiger partial charge in [0.25, 0.3) is 5.91 Å². The minimum atomic E-state index is -0.193. The van der Waals surface area contributed by atoms with Crippen LogP contribution in [0.3, 0.4) is 0 Å². The SMILES string of the molecule is CC.Cc1c(C2CC2)nc2ccc(NC(=O)c3cc4cc(OCc5ccccn5)ccc4[nH]3)cn12. The number of rotatable bonds is 6. The fourth-order valence-electron chi connectivity index (χ4n) is 4.16. The van der Waals surface area contributed by atoms with Crippen LogP contribution >= 0.6 is 0 Å². The average molecular weight is 468 g/mol. The van der Waals surface area contributed by atoms with Gasteiger partial charge in [-0.25, -0.2) is 4.98 Å². The molecule has 1 aromatic carbocycles. The summed E-state index contributed by atoms with van der Waals surface area (Å²) in [6.07, 6.45) is 6.11. The summed E-state index contributed by atoms with van der Waals surface area (Å²) >= 11 is 0. The van der Waals surface area contributed by atoms with Gasteiger partial charge in [-0.1, -0.05) is 19.9 Å². The summed E-state index contributed by atoms with van der Waals surface area (Å²) < 4.78 is 7.91. The van der Waals surface area contributed by atoms with Gasteiger partial charge in [0.05, 0.1) is 17.1 Å². The molecule has 1 aliphatic rings. The van der Waals surface area contributed by atoms with Crippen LogP contribution in [0.15, 0.2) is 67.0 Å². The maximum atomic E-state index is 12.9. The van der Waals surface area contributed by atoms with E-state index >= 15 is 0 Å². The number of ether oxygens (including phenoxy) is 1. The van der Waals surface area contributed by atoms with Gasteiger partial charge in [-0.2, -0.15) is 0 Å². The quantitative estimate of drug-likeness (QED) is 0.309. The van der Waals surface area contributed by atoms with Crippen LogP contribution in [-0.4, -0.2) is 25.3 Å². The molecule has 0 atom stereocenters. The molecule has 178 valence electrons.